The molecule has 1 aliphatic heterocycles. The van der Waals surface area contributed by atoms with Crippen LogP contribution < -0.4 is 10.1 Å². The molecule has 7 heteroatoms. The van der Waals surface area contributed by atoms with Gasteiger partial charge in [-0.05, 0) is 55.3 Å². The van der Waals surface area contributed by atoms with Crippen molar-refractivity contribution in [3.8, 4) is 5.75 Å². The molecule has 0 bridgehead atoms. The van der Waals surface area contributed by atoms with Crippen molar-refractivity contribution >= 4 is 17.6 Å². The van der Waals surface area contributed by atoms with E-state index in [9.17, 15) is 14.0 Å². The summed E-state index contributed by atoms with van der Waals surface area (Å²) in [7, 11) is 0. The van der Waals surface area contributed by atoms with Crippen LogP contribution >= 0.6 is 0 Å². The number of nitrogens with zero attached hydrogens (tertiary/aromatic N) is 2. The smallest absolute Gasteiger partial charge is 0.321 e. The molecule has 154 valence electrons. The summed E-state index contributed by atoms with van der Waals surface area (Å²) >= 11 is 0. The van der Waals surface area contributed by atoms with Gasteiger partial charge in [0.05, 0.1) is 13.0 Å². The van der Waals surface area contributed by atoms with E-state index in [4.69, 9.17) is 4.74 Å². The van der Waals surface area contributed by atoms with Gasteiger partial charge in [-0.25, -0.2) is 9.18 Å². The Morgan fingerprint density at radius 2 is 1.66 bits per heavy atom. The fourth-order valence-corrected chi connectivity index (χ4v) is 3.18. The Kier molecular flexibility index (Phi) is 6.69. The number of benzene rings is 2. The van der Waals surface area contributed by atoms with E-state index in [-0.39, 0.29) is 17.8 Å². The Morgan fingerprint density at radius 3 is 2.34 bits per heavy atom. The number of anilines is 1. The summed E-state index contributed by atoms with van der Waals surface area (Å²) in [5.74, 6) is 0.477. The van der Waals surface area contributed by atoms with E-state index in [1.54, 1.807) is 9.80 Å². The number of rotatable bonds is 5. The van der Waals surface area contributed by atoms with Crippen molar-refractivity contribution in [3.63, 3.8) is 0 Å². The van der Waals surface area contributed by atoms with E-state index in [0.717, 1.165) is 16.9 Å². The first kappa shape index (κ1) is 20.6. The molecule has 0 aromatic heterocycles. The molecule has 1 heterocycles. The lowest BCUT2D eigenvalue weighted by molar-refractivity contribution is -0.133. The molecule has 0 atom stereocenters. The Labute approximate surface area is 170 Å². The molecule has 3 amide bonds. The van der Waals surface area contributed by atoms with Crippen molar-refractivity contribution in [2.45, 2.75) is 20.3 Å². The number of piperazine rings is 1. The van der Waals surface area contributed by atoms with Crippen LogP contribution in [0.3, 0.4) is 0 Å². The van der Waals surface area contributed by atoms with Crippen LogP contribution in [0.5, 0.6) is 5.75 Å². The van der Waals surface area contributed by atoms with Gasteiger partial charge in [0.25, 0.3) is 0 Å². The van der Waals surface area contributed by atoms with Gasteiger partial charge in [0.15, 0.2) is 0 Å². The second-order valence-electron chi connectivity index (χ2n) is 7.10. The maximum atomic E-state index is 13.0. The molecular weight excluding hydrogens is 373 g/mol. The summed E-state index contributed by atoms with van der Waals surface area (Å²) in [6, 6.07) is 11.3. The minimum absolute atomic E-state index is 0.0221. The maximum absolute atomic E-state index is 13.0. The van der Waals surface area contributed by atoms with Crippen LogP contribution in [-0.4, -0.2) is 54.5 Å². The molecule has 0 spiro atoms. The van der Waals surface area contributed by atoms with Gasteiger partial charge in [-0.2, -0.15) is 0 Å². The Hall–Kier alpha value is -3.09. The van der Waals surface area contributed by atoms with Gasteiger partial charge < -0.3 is 19.9 Å². The molecular formula is C22H26FN3O3. The average molecular weight is 399 g/mol. The summed E-state index contributed by atoms with van der Waals surface area (Å²) in [4.78, 5) is 28.2. The van der Waals surface area contributed by atoms with Crippen LogP contribution in [0, 0.1) is 19.7 Å². The normalized spacial score (nSPS) is 13.9. The van der Waals surface area contributed by atoms with Crippen LogP contribution in [0.1, 0.15) is 17.5 Å². The Balaban J connectivity index is 1.41. The Morgan fingerprint density at radius 1 is 1.00 bits per heavy atom. The molecule has 29 heavy (non-hydrogen) atoms. The predicted octanol–water partition coefficient (Wildman–Crippen LogP) is 3.59. The average Bonchev–Trinajstić information content (AvgIpc) is 2.73. The summed E-state index contributed by atoms with van der Waals surface area (Å²) in [6.07, 6.45) is 0.301. The molecule has 6 nitrogen and oxygen atoms in total. The van der Waals surface area contributed by atoms with Crippen molar-refractivity contribution in [3.05, 3.63) is 59.4 Å². The minimum atomic E-state index is -0.350. The monoisotopic (exact) mass is 399 g/mol. The summed E-state index contributed by atoms with van der Waals surface area (Å²) < 4.78 is 18.7. The molecule has 1 N–H and O–H groups in total. The van der Waals surface area contributed by atoms with Crippen molar-refractivity contribution in [2.24, 2.45) is 0 Å². The molecule has 1 saturated heterocycles. The second-order valence-corrected chi connectivity index (χ2v) is 7.10. The lowest BCUT2D eigenvalue weighted by Gasteiger charge is -2.34. The lowest BCUT2D eigenvalue weighted by atomic mass is 10.1. The number of carbonyl (C=O) groups is 2. The van der Waals surface area contributed by atoms with E-state index >= 15 is 0 Å². The van der Waals surface area contributed by atoms with E-state index in [1.807, 2.05) is 32.0 Å². The van der Waals surface area contributed by atoms with E-state index < -0.39 is 0 Å². The number of carbonyl (C=O) groups excluding carboxylic acids is 2. The first-order chi connectivity index (χ1) is 13.9. The molecule has 1 fully saturated rings. The fourth-order valence-electron chi connectivity index (χ4n) is 3.18. The van der Waals surface area contributed by atoms with E-state index in [1.165, 1.54) is 24.3 Å². The second kappa shape index (κ2) is 9.41. The zero-order chi connectivity index (χ0) is 20.8. The Bertz CT molecular complexity index is 862. The van der Waals surface area contributed by atoms with Gasteiger partial charge in [-0.3, -0.25) is 4.79 Å². The van der Waals surface area contributed by atoms with Gasteiger partial charge in [-0.15, -0.1) is 0 Å². The highest BCUT2D eigenvalue weighted by Crippen LogP contribution is 2.20. The highest BCUT2D eigenvalue weighted by atomic mass is 19.1. The number of aryl methyl sites for hydroxylation is 1. The van der Waals surface area contributed by atoms with Crippen molar-refractivity contribution < 1.29 is 18.7 Å². The summed E-state index contributed by atoms with van der Waals surface area (Å²) in [6.45, 7) is 6.24. The number of halogens is 1. The third-order valence-corrected chi connectivity index (χ3v) is 5.14. The number of urea groups is 1. The third kappa shape index (κ3) is 5.47. The van der Waals surface area contributed by atoms with Gasteiger partial charge in [0, 0.05) is 31.9 Å². The molecule has 1 aliphatic rings. The highest BCUT2D eigenvalue weighted by molar-refractivity contribution is 5.89. The molecule has 2 aromatic carbocycles. The molecule has 2 aromatic rings. The van der Waals surface area contributed by atoms with Crippen LogP contribution in [0.4, 0.5) is 14.9 Å². The SMILES string of the molecule is Cc1cccc(OCCC(=O)N2CCN(C(=O)Nc3ccc(F)cc3)CC2)c1C. The van der Waals surface area contributed by atoms with Crippen LogP contribution in [0.15, 0.2) is 42.5 Å². The minimum Gasteiger partial charge on any atom is -0.493 e. The van der Waals surface area contributed by atoms with Crippen molar-refractivity contribution in [2.75, 3.05) is 38.1 Å². The largest absolute Gasteiger partial charge is 0.493 e. The van der Waals surface area contributed by atoms with E-state index in [0.29, 0.717) is 44.9 Å². The number of nitrogens with one attached hydrogen (secondary N) is 1. The number of hydrogen-bond donors (Lipinski definition) is 1. The standard InChI is InChI=1S/C22H26FN3O3/c1-16-4-3-5-20(17(16)2)29-15-10-21(27)25-11-13-26(14-12-25)22(28)24-19-8-6-18(23)7-9-19/h3-9H,10-15H2,1-2H3,(H,24,28). The topological polar surface area (TPSA) is 61.9 Å². The van der Waals surface area contributed by atoms with Crippen LogP contribution in [0.25, 0.3) is 0 Å². The van der Waals surface area contributed by atoms with Crippen LogP contribution in [-0.2, 0) is 4.79 Å². The zero-order valence-electron chi connectivity index (χ0n) is 16.8. The van der Waals surface area contributed by atoms with Gasteiger partial charge in [0.1, 0.15) is 11.6 Å². The van der Waals surface area contributed by atoms with Gasteiger partial charge >= 0.3 is 6.03 Å². The molecule has 3 rings (SSSR count). The molecule has 0 unspecified atom stereocenters. The number of ether oxygens (including phenoxy) is 1. The predicted molar refractivity (Wildman–Crippen MR) is 110 cm³/mol. The zero-order valence-corrected chi connectivity index (χ0v) is 16.8. The van der Waals surface area contributed by atoms with Crippen LogP contribution in [0.2, 0.25) is 0 Å². The van der Waals surface area contributed by atoms with Crippen molar-refractivity contribution in [1.82, 2.24) is 9.80 Å². The number of hydrogen-bond acceptors (Lipinski definition) is 3. The first-order valence-corrected chi connectivity index (χ1v) is 9.72. The number of amides is 3. The van der Waals surface area contributed by atoms with Gasteiger partial charge in [0.2, 0.25) is 5.91 Å². The quantitative estimate of drug-likeness (QED) is 0.836. The maximum Gasteiger partial charge on any atom is 0.321 e. The fraction of sp³-hybridized carbons (Fsp3) is 0.364. The first-order valence-electron chi connectivity index (χ1n) is 9.72. The third-order valence-electron chi connectivity index (χ3n) is 5.14. The highest BCUT2D eigenvalue weighted by Gasteiger charge is 2.24. The lowest BCUT2D eigenvalue weighted by Crippen LogP contribution is -2.51. The van der Waals surface area contributed by atoms with Crippen molar-refractivity contribution in [1.29, 1.82) is 0 Å². The summed E-state index contributed by atoms with van der Waals surface area (Å²) in [5.41, 5.74) is 2.78. The van der Waals surface area contributed by atoms with E-state index in [2.05, 4.69) is 5.32 Å². The molecule has 0 saturated carbocycles. The molecule has 0 aliphatic carbocycles. The van der Waals surface area contributed by atoms with Gasteiger partial charge in [-0.1, -0.05) is 12.1 Å². The molecule has 0 radical (unpaired) electrons. The summed E-state index contributed by atoms with van der Waals surface area (Å²) in [5, 5.41) is 2.74.